The molecule has 2 nitrogen and oxygen atoms in total. The topological polar surface area (TPSA) is 25.8 Å². The summed E-state index contributed by atoms with van der Waals surface area (Å²) in [5.74, 6) is 0.717. The lowest BCUT2D eigenvalue weighted by molar-refractivity contribution is 0.722. The van der Waals surface area contributed by atoms with Gasteiger partial charge >= 0.3 is 0 Å². The second-order valence-electron chi connectivity index (χ2n) is 15.6. The van der Waals surface area contributed by atoms with Gasteiger partial charge in [-0.05, 0) is 115 Å². The van der Waals surface area contributed by atoms with Gasteiger partial charge in [-0.25, -0.2) is 9.97 Å². The average molecular weight is 725 g/mol. The standard InChI is InChI=1S/C55H36N2/c1-2-14-35(15-3-1)51-34-52(42-31-40-19-12-17-36-18-13-20-41(32-42)53(36)40)57-54(56-51)46-24-6-5-21-43(46)37-28-29-39-30-38-16-4-9-25-47(38)55(50(39)33-37)48-26-10-7-22-44(48)45-23-8-11-27-49(45)55/h1-17,19-29,31-34H,18,30H2. The molecule has 1 aromatic heterocycles. The first-order valence-electron chi connectivity index (χ1n) is 19.9. The molecule has 0 saturated carbocycles. The van der Waals surface area contributed by atoms with Crippen LogP contribution in [0.1, 0.15) is 44.5 Å². The molecule has 266 valence electrons. The molecule has 3 aliphatic rings. The number of nitrogens with zero attached hydrogens (tertiary/aromatic N) is 2. The number of aromatic nitrogens is 2. The zero-order valence-electron chi connectivity index (χ0n) is 31.3. The first-order chi connectivity index (χ1) is 28.2. The lowest BCUT2D eigenvalue weighted by Crippen LogP contribution is -2.34. The largest absolute Gasteiger partial charge is 0.228 e. The summed E-state index contributed by atoms with van der Waals surface area (Å²) < 4.78 is 0. The van der Waals surface area contributed by atoms with Gasteiger partial charge in [0.1, 0.15) is 0 Å². The summed E-state index contributed by atoms with van der Waals surface area (Å²) in [6.45, 7) is 0. The van der Waals surface area contributed by atoms with Gasteiger partial charge in [0.25, 0.3) is 0 Å². The lowest BCUT2D eigenvalue weighted by Gasteiger charge is -2.40. The Morgan fingerprint density at radius 3 is 1.82 bits per heavy atom. The second kappa shape index (κ2) is 12.4. The van der Waals surface area contributed by atoms with Crippen molar-refractivity contribution in [2.75, 3.05) is 0 Å². The highest BCUT2D eigenvalue weighted by molar-refractivity contribution is 5.98. The molecule has 1 heterocycles. The Balaban J connectivity index is 1.08. The van der Waals surface area contributed by atoms with E-state index in [0.29, 0.717) is 5.82 Å². The Hall–Kier alpha value is -7.16. The molecule has 0 bridgehead atoms. The average Bonchev–Trinajstić information content (AvgIpc) is 3.57. The SMILES string of the molecule is C1=Cc2cc(-c3cc(-c4ccccc4)nc(-c4ccccc4-c4ccc5c(c4)C4(c6ccccc6C5)c5ccccc5-c5ccccc54)n3)cc3cccc(c23)C1. The highest BCUT2D eigenvalue weighted by atomic mass is 14.9. The molecule has 0 N–H and O–H groups in total. The monoisotopic (exact) mass is 724 g/mol. The van der Waals surface area contributed by atoms with Crippen molar-refractivity contribution in [2.45, 2.75) is 18.3 Å². The number of rotatable bonds is 4. The maximum Gasteiger partial charge on any atom is 0.161 e. The van der Waals surface area contributed by atoms with Crippen LogP contribution in [0.2, 0.25) is 0 Å². The van der Waals surface area contributed by atoms with Crippen molar-refractivity contribution >= 4 is 16.8 Å². The van der Waals surface area contributed by atoms with Gasteiger partial charge in [-0.1, -0.05) is 170 Å². The first kappa shape index (κ1) is 32.1. The Labute approximate surface area is 332 Å². The molecule has 2 heteroatoms. The van der Waals surface area contributed by atoms with Gasteiger partial charge in [0.15, 0.2) is 5.82 Å². The van der Waals surface area contributed by atoms with Gasteiger partial charge in [-0.2, -0.15) is 0 Å². The van der Waals surface area contributed by atoms with Crippen LogP contribution >= 0.6 is 0 Å². The predicted octanol–water partition coefficient (Wildman–Crippen LogP) is 13.1. The maximum absolute atomic E-state index is 5.42. The van der Waals surface area contributed by atoms with Crippen LogP contribution in [-0.4, -0.2) is 9.97 Å². The van der Waals surface area contributed by atoms with E-state index in [9.17, 15) is 0 Å². The number of benzene rings is 8. The molecule has 12 rings (SSSR count). The van der Waals surface area contributed by atoms with Gasteiger partial charge in [0, 0.05) is 16.7 Å². The zero-order valence-corrected chi connectivity index (χ0v) is 31.3. The van der Waals surface area contributed by atoms with Gasteiger partial charge in [-0.3, -0.25) is 0 Å². The Morgan fingerprint density at radius 2 is 1.04 bits per heavy atom. The van der Waals surface area contributed by atoms with E-state index in [0.717, 1.165) is 52.0 Å². The molecule has 0 amide bonds. The molecular weight excluding hydrogens is 689 g/mol. The van der Waals surface area contributed by atoms with Crippen molar-refractivity contribution in [3.05, 3.63) is 233 Å². The molecule has 57 heavy (non-hydrogen) atoms. The number of hydrogen-bond acceptors (Lipinski definition) is 2. The van der Waals surface area contributed by atoms with E-state index >= 15 is 0 Å². The first-order valence-corrected chi connectivity index (χ1v) is 19.9. The van der Waals surface area contributed by atoms with E-state index in [1.807, 2.05) is 0 Å². The Morgan fingerprint density at radius 1 is 0.404 bits per heavy atom. The van der Waals surface area contributed by atoms with Crippen molar-refractivity contribution in [3.8, 4) is 56.2 Å². The molecule has 0 atom stereocenters. The summed E-state index contributed by atoms with van der Waals surface area (Å²) in [4.78, 5) is 10.8. The molecular formula is C55H36N2. The number of allylic oxidation sites excluding steroid dienone is 1. The van der Waals surface area contributed by atoms with Crippen LogP contribution in [0.4, 0.5) is 0 Å². The number of fused-ring (bicyclic) bond motifs is 9. The minimum atomic E-state index is -0.427. The van der Waals surface area contributed by atoms with E-state index in [4.69, 9.17) is 9.97 Å². The van der Waals surface area contributed by atoms with Gasteiger partial charge < -0.3 is 0 Å². The predicted molar refractivity (Wildman–Crippen MR) is 234 cm³/mol. The quantitative estimate of drug-likeness (QED) is 0.181. The Bertz CT molecular complexity index is 3090. The summed E-state index contributed by atoms with van der Waals surface area (Å²) in [6.07, 6.45) is 6.39. The molecule has 0 radical (unpaired) electrons. The van der Waals surface area contributed by atoms with Crippen LogP contribution in [0, 0.1) is 0 Å². The molecule has 3 aliphatic carbocycles. The van der Waals surface area contributed by atoms with E-state index in [1.54, 1.807) is 0 Å². The van der Waals surface area contributed by atoms with Crippen LogP contribution in [0.25, 0.3) is 73.0 Å². The second-order valence-corrected chi connectivity index (χ2v) is 15.6. The van der Waals surface area contributed by atoms with Crippen LogP contribution < -0.4 is 0 Å². The fourth-order valence-corrected chi connectivity index (χ4v) is 10.2. The van der Waals surface area contributed by atoms with Crippen molar-refractivity contribution in [3.63, 3.8) is 0 Å². The van der Waals surface area contributed by atoms with Gasteiger partial charge in [0.2, 0.25) is 0 Å². The molecule has 0 fully saturated rings. The Kier molecular flexibility index (Phi) is 7.00. The summed E-state index contributed by atoms with van der Waals surface area (Å²) >= 11 is 0. The summed E-state index contributed by atoms with van der Waals surface area (Å²) in [5.41, 5.74) is 20.3. The molecule has 0 unspecified atom stereocenters. The minimum absolute atomic E-state index is 0.427. The normalized spacial score (nSPS) is 13.9. The van der Waals surface area contributed by atoms with E-state index in [1.165, 1.54) is 66.4 Å². The summed E-state index contributed by atoms with van der Waals surface area (Å²) in [7, 11) is 0. The van der Waals surface area contributed by atoms with Crippen LogP contribution in [-0.2, 0) is 18.3 Å². The van der Waals surface area contributed by atoms with E-state index < -0.39 is 5.41 Å². The third kappa shape index (κ3) is 4.77. The maximum atomic E-state index is 5.42. The van der Waals surface area contributed by atoms with Crippen molar-refractivity contribution < 1.29 is 0 Å². The van der Waals surface area contributed by atoms with Gasteiger partial charge in [0.05, 0.1) is 16.8 Å². The molecule has 0 aliphatic heterocycles. The van der Waals surface area contributed by atoms with Crippen LogP contribution in [0.3, 0.4) is 0 Å². The fourth-order valence-electron chi connectivity index (χ4n) is 10.2. The third-order valence-electron chi connectivity index (χ3n) is 12.6. The third-order valence-corrected chi connectivity index (χ3v) is 12.6. The highest BCUT2D eigenvalue weighted by Gasteiger charge is 2.49. The molecule has 0 saturated heterocycles. The lowest BCUT2D eigenvalue weighted by atomic mass is 9.61. The highest BCUT2D eigenvalue weighted by Crippen LogP contribution is 2.59. The fraction of sp³-hybridized carbons (Fsp3) is 0.0545. The number of hydrogen-bond donors (Lipinski definition) is 0. The van der Waals surface area contributed by atoms with Crippen molar-refractivity contribution in [1.82, 2.24) is 9.97 Å². The van der Waals surface area contributed by atoms with Gasteiger partial charge in [-0.15, -0.1) is 0 Å². The molecule has 8 aromatic carbocycles. The zero-order chi connectivity index (χ0) is 37.5. The smallest absolute Gasteiger partial charge is 0.161 e. The minimum Gasteiger partial charge on any atom is -0.228 e. The van der Waals surface area contributed by atoms with E-state index in [-0.39, 0.29) is 0 Å². The van der Waals surface area contributed by atoms with Crippen LogP contribution in [0.15, 0.2) is 188 Å². The molecule has 9 aromatic rings. The van der Waals surface area contributed by atoms with Crippen molar-refractivity contribution in [2.24, 2.45) is 0 Å². The summed E-state index contributed by atoms with van der Waals surface area (Å²) in [6, 6.07) is 66.9. The van der Waals surface area contributed by atoms with E-state index in [2.05, 4.69) is 194 Å². The summed E-state index contributed by atoms with van der Waals surface area (Å²) in [5, 5.41) is 2.58. The molecule has 1 spiro atoms. The van der Waals surface area contributed by atoms with Crippen LogP contribution in [0.5, 0.6) is 0 Å². The van der Waals surface area contributed by atoms with Crippen molar-refractivity contribution in [1.29, 1.82) is 0 Å².